The van der Waals surface area contributed by atoms with Gasteiger partial charge >= 0.3 is 5.97 Å². The third-order valence-electron chi connectivity index (χ3n) is 3.06. The van der Waals surface area contributed by atoms with Crippen LogP contribution in [0.25, 0.3) is 0 Å². The number of benzene rings is 2. The molecule has 1 N–H and O–H groups in total. The molecular weight excluding hydrogens is 252 g/mol. The molecule has 0 atom stereocenters. The molecule has 20 heavy (non-hydrogen) atoms. The summed E-state index contributed by atoms with van der Waals surface area (Å²) in [7, 11) is 0. The van der Waals surface area contributed by atoms with Crippen LogP contribution in [0.15, 0.2) is 42.5 Å². The molecule has 0 aromatic heterocycles. The Labute approximate surface area is 118 Å². The van der Waals surface area contributed by atoms with Gasteiger partial charge in [0.2, 0.25) is 0 Å². The van der Waals surface area contributed by atoms with Crippen LogP contribution in [-0.2, 0) is 6.42 Å². The van der Waals surface area contributed by atoms with Crippen LogP contribution in [0, 0.1) is 6.92 Å². The quantitative estimate of drug-likeness (QED) is 0.873. The molecule has 0 heterocycles. The van der Waals surface area contributed by atoms with Crippen LogP contribution in [0.4, 0.5) is 0 Å². The van der Waals surface area contributed by atoms with E-state index in [0.29, 0.717) is 11.5 Å². The minimum absolute atomic E-state index is 0.174. The third-order valence-corrected chi connectivity index (χ3v) is 3.06. The molecule has 0 fully saturated rings. The molecule has 0 spiro atoms. The average molecular weight is 270 g/mol. The number of hydrogen-bond acceptors (Lipinski definition) is 2. The summed E-state index contributed by atoms with van der Waals surface area (Å²) in [6.07, 6.45) is 2.13. The highest BCUT2D eigenvalue weighted by molar-refractivity contribution is 5.91. The monoisotopic (exact) mass is 270 g/mol. The SMILES string of the molecule is CCCc1ccc(Oc2cc(C)ccc2C(=O)O)cc1. The van der Waals surface area contributed by atoms with E-state index < -0.39 is 5.97 Å². The Balaban J connectivity index is 2.25. The van der Waals surface area contributed by atoms with Crippen molar-refractivity contribution in [2.75, 3.05) is 0 Å². The number of carboxylic acids is 1. The zero-order valence-corrected chi connectivity index (χ0v) is 11.7. The second-order valence-corrected chi connectivity index (χ2v) is 4.80. The van der Waals surface area contributed by atoms with Gasteiger partial charge in [0.15, 0.2) is 0 Å². The van der Waals surface area contributed by atoms with Gasteiger partial charge < -0.3 is 9.84 Å². The van der Waals surface area contributed by atoms with E-state index >= 15 is 0 Å². The molecule has 0 amide bonds. The lowest BCUT2D eigenvalue weighted by molar-refractivity contribution is 0.0694. The van der Waals surface area contributed by atoms with Crippen molar-refractivity contribution in [3.63, 3.8) is 0 Å². The fraction of sp³-hybridized carbons (Fsp3) is 0.235. The first kappa shape index (κ1) is 14.1. The number of ether oxygens (including phenoxy) is 1. The smallest absolute Gasteiger partial charge is 0.339 e. The number of carboxylic acid groups (broad SMARTS) is 1. The summed E-state index contributed by atoms with van der Waals surface area (Å²) in [6, 6.07) is 12.8. The fourth-order valence-corrected chi connectivity index (χ4v) is 2.03. The lowest BCUT2D eigenvalue weighted by Gasteiger charge is -2.10. The number of aromatic carboxylic acids is 1. The predicted octanol–water partition coefficient (Wildman–Crippen LogP) is 4.44. The molecule has 0 aliphatic carbocycles. The Bertz CT molecular complexity index is 600. The van der Waals surface area contributed by atoms with Gasteiger partial charge in [0.05, 0.1) is 0 Å². The van der Waals surface area contributed by atoms with Gasteiger partial charge in [0.1, 0.15) is 17.1 Å². The second-order valence-electron chi connectivity index (χ2n) is 4.80. The fourth-order valence-electron chi connectivity index (χ4n) is 2.03. The lowest BCUT2D eigenvalue weighted by Crippen LogP contribution is -2.00. The van der Waals surface area contributed by atoms with E-state index in [1.54, 1.807) is 18.2 Å². The van der Waals surface area contributed by atoms with E-state index in [1.807, 2.05) is 31.2 Å². The summed E-state index contributed by atoms with van der Waals surface area (Å²) in [4.78, 5) is 11.2. The maximum atomic E-state index is 11.2. The van der Waals surface area contributed by atoms with Crippen molar-refractivity contribution in [3.05, 3.63) is 59.2 Å². The summed E-state index contributed by atoms with van der Waals surface area (Å²) in [6.45, 7) is 4.04. The first-order valence-corrected chi connectivity index (χ1v) is 6.71. The Hall–Kier alpha value is -2.29. The van der Waals surface area contributed by atoms with E-state index in [0.717, 1.165) is 18.4 Å². The Morgan fingerprint density at radius 2 is 1.85 bits per heavy atom. The highest BCUT2D eigenvalue weighted by Crippen LogP contribution is 2.27. The van der Waals surface area contributed by atoms with Crippen LogP contribution in [0.2, 0.25) is 0 Å². The average Bonchev–Trinajstić information content (AvgIpc) is 2.41. The van der Waals surface area contributed by atoms with Crippen LogP contribution >= 0.6 is 0 Å². The Morgan fingerprint density at radius 3 is 2.45 bits per heavy atom. The lowest BCUT2D eigenvalue weighted by atomic mass is 10.1. The standard InChI is InChI=1S/C17H18O3/c1-3-4-13-6-8-14(9-7-13)20-16-11-12(2)5-10-15(16)17(18)19/h5-11H,3-4H2,1-2H3,(H,18,19). The van der Waals surface area contributed by atoms with E-state index in [1.165, 1.54) is 5.56 Å². The highest BCUT2D eigenvalue weighted by atomic mass is 16.5. The largest absolute Gasteiger partial charge is 0.478 e. The van der Waals surface area contributed by atoms with Crippen molar-refractivity contribution in [2.45, 2.75) is 26.7 Å². The van der Waals surface area contributed by atoms with Gasteiger partial charge in [-0.1, -0.05) is 31.5 Å². The van der Waals surface area contributed by atoms with Crippen molar-refractivity contribution in [1.29, 1.82) is 0 Å². The molecule has 0 saturated heterocycles. The van der Waals surface area contributed by atoms with Gasteiger partial charge in [-0.05, 0) is 48.7 Å². The Morgan fingerprint density at radius 1 is 1.15 bits per heavy atom. The van der Waals surface area contributed by atoms with Crippen LogP contribution in [0.3, 0.4) is 0 Å². The van der Waals surface area contributed by atoms with Crippen LogP contribution < -0.4 is 4.74 Å². The molecule has 0 radical (unpaired) electrons. The summed E-state index contributed by atoms with van der Waals surface area (Å²) in [5, 5.41) is 9.17. The van der Waals surface area contributed by atoms with Crippen LogP contribution in [-0.4, -0.2) is 11.1 Å². The molecule has 3 nitrogen and oxygen atoms in total. The third kappa shape index (κ3) is 3.38. The second kappa shape index (κ2) is 6.24. The van der Waals surface area contributed by atoms with Crippen molar-refractivity contribution < 1.29 is 14.6 Å². The molecule has 2 aromatic carbocycles. The van der Waals surface area contributed by atoms with E-state index in [4.69, 9.17) is 9.84 Å². The molecule has 2 aromatic rings. The van der Waals surface area contributed by atoms with Gasteiger partial charge in [0.25, 0.3) is 0 Å². The summed E-state index contributed by atoms with van der Waals surface area (Å²) >= 11 is 0. The molecule has 104 valence electrons. The molecule has 3 heteroatoms. The molecular formula is C17H18O3. The number of aryl methyl sites for hydroxylation is 2. The van der Waals surface area contributed by atoms with E-state index in [-0.39, 0.29) is 5.56 Å². The molecule has 0 aliphatic heterocycles. The predicted molar refractivity (Wildman–Crippen MR) is 78.6 cm³/mol. The Kier molecular flexibility index (Phi) is 4.41. The van der Waals surface area contributed by atoms with Crippen molar-refractivity contribution in [3.8, 4) is 11.5 Å². The molecule has 0 bridgehead atoms. The van der Waals surface area contributed by atoms with Crippen LogP contribution in [0.5, 0.6) is 11.5 Å². The topological polar surface area (TPSA) is 46.5 Å². The first-order valence-electron chi connectivity index (χ1n) is 6.71. The van der Waals surface area contributed by atoms with Crippen LogP contribution in [0.1, 0.15) is 34.8 Å². The summed E-state index contributed by atoms with van der Waals surface area (Å²) < 4.78 is 5.70. The van der Waals surface area contributed by atoms with Gasteiger partial charge in [-0.2, -0.15) is 0 Å². The molecule has 0 aliphatic rings. The van der Waals surface area contributed by atoms with Gasteiger partial charge in [-0.15, -0.1) is 0 Å². The van der Waals surface area contributed by atoms with Gasteiger partial charge in [-0.3, -0.25) is 0 Å². The van der Waals surface area contributed by atoms with Crippen molar-refractivity contribution in [1.82, 2.24) is 0 Å². The maximum Gasteiger partial charge on any atom is 0.339 e. The van der Waals surface area contributed by atoms with E-state index in [9.17, 15) is 4.79 Å². The highest BCUT2D eigenvalue weighted by Gasteiger charge is 2.12. The summed E-state index contributed by atoms with van der Waals surface area (Å²) in [5.41, 5.74) is 2.39. The molecule has 0 unspecified atom stereocenters. The van der Waals surface area contributed by atoms with Crippen molar-refractivity contribution >= 4 is 5.97 Å². The van der Waals surface area contributed by atoms with Gasteiger partial charge in [0, 0.05) is 0 Å². The summed E-state index contributed by atoms with van der Waals surface area (Å²) in [5.74, 6) is 0.0429. The zero-order chi connectivity index (χ0) is 14.5. The van der Waals surface area contributed by atoms with Crippen molar-refractivity contribution in [2.24, 2.45) is 0 Å². The van der Waals surface area contributed by atoms with E-state index in [2.05, 4.69) is 6.92 Å². The van der Waals surface area contributed by atoms with Gasteiger partial charge in [-0.25, -0.2) is 4.79 Å². The molecule has 2 rings (SSSR count). The minimum atomic E-state index is -0.984. The number of rotatable bonds is 5. The minimum Gasteiger partial charge on any atom is -0.478 e. The zero-order valence-electron chi connectivity index (χ0n) is 11.7. The number of hydrogen-bond donors (Lipinski definition) is 1. The molecule has 0 saturated carbocycles. The maximum absolute atomic E-state index is 11.2. The number of carbonyl (C=O) groups is 1. The normalized spacial score (nSPS) is 10.3. The first-order chi connectivity index (χ1) is 9.60.